The Morgan fingerprint density at radius 2 is 2.10 bits per heavy atom. The molecule has 1 rings (SSSR count). The van der Waals surface area contributed by atoms with Gasteiger partial charge in [0.15, 0.2) is 0 Å². The summed E-state index contributed by atoms with van der Waals surface area (Å²) in [5, 5.41) is 0. The van der Waals surface area contributed by atoms with E-state index in [4.69, 9.17) is 0 Å². The molecule has 0 unspecified atom stereocenters. The van der Waals surface area contributed by atoms with E-state index in [2.05, 4.69) is 4.18 Å². The van der Waals surface area contributed by atoms with Crippen molar-refractivity contribution in [3.8, 4) is 0 Å². The van der Waals surface area contributed by atoms with E-state index in [9.17, 15) is 13.2 Å². The third-order valence-electron chi connectivity index (χ3n) is 0.627. The molecule has 1 N–H and O–H groups in total. The first-order chi connectivity index (χ1) is 4.10. The fraction of sp³-hybridized carbons (Fsp3) is 0. The van der Waals surface area contributed by atoms with Crippen molar-refractivity contribution in [1.29, 1.82) is 0 Å². The van der Waals surface area contributed by atoms with Gasteiger partial charge in [-0.15, -0.1) is 0 Å². The smallest absolute Gasteiger partial charge is 0.375 e. The molecule has 0 fully saturated rings. The summed E-state index contributed by atoms with van der Waals surface area (Å²) >= 11 is 0. The van der Waals surface area contributed by atoms with Gasteiger partial charge >= 0.3 is 10.3 Å². The number of hydrogen-bond acceptors (Lipinski definition) is 4. The van der Waals surface area contributed by atoms with Gasteiger partial charge < -0.3 is 4.18 Å². The number of nitrogens with one attached hydrogen (secondary N) is 1. The van der Waals surface area contributed by atoms with Gasteiger partial charge in [0.1, 0.15) is 6.26 Å². The summed E-state index contributed by atoms with van der Waals surface area (Å²) in [7, 11) is -3.82. The number of amides is 1. The standard InChI is InChI=1S/C3H3NO4S.Ca/c5-3-1-2-8-9(6,7)4-3;/h1-2H,(H,4,5);. The fourth-order valence-electron chi connectivity index (χ4n) is 0.344. The third-order valence-corrected chi connectivity index (χ3v) is 1.44. The molecule has 1 aliphatic rings. The molecule has 0 aromatic carbocycles. The van der Waals surface area contributed by atoms with Gasteiger partial charge in [0.2, 0.25) is 0 Å². The number of carbonyl (C=O) groups excluding carboxylic acids is 1. The molecule has 5 nitrogen and oxygen atoms in total. The van der Waals surface area contributed by atoms with Crippen molar-refractivity contribution in [3.05, 3.63) is 12.3 Å². The van der Waals surface area contributed by atoms with Gasteiger partial charge in [0.05, 0.1) is 0 Å². The van der Waals surface area contributed by atoms with Crippen LogP contribution in [-0.2, 0) is 19.3 Å². The minimum atomic E-state index is -3.82. The van der Waals surface area contributed by atoms with Crippen LogP contribution in [0.3, 0.4) is 0 Å². The van der Waals surface area contributed by atoms with Crippen molar-refractivity contribution in [3.63, 3.8) is 0 Å². The van der Waals surface area contributed by atoms with Crippen molar-refractivity contribution in [2.45, 2.75) is 0 Å². The Morgan fingerprint density at radius 3 is 2.40 bits per heavy atom. The Bertz CT molecular complexity index is 256. The maximum Gasteiger partial charge on any atom is 0.409 e. The first-order valence-electron chi connectivity index (χ1n) is 2.02. The van der Waals surface area contributed by atoms with E-state index < -0.39 is 16.2 Å². The van der Waals surface area contributed by atoms with E-state index in [1.165, 1.54) is 0 Å². The quantitative estimate of drug-likeness (QED) is 0.471. The van der Waals surface area contributed by atoms with E-state index in [0.29, 0.717) is 0 Å². The molecular formula is C3H3CaNO4S. The monoisotopic (exact) mass is 189 g/mol. The average Bonchev–Trinajstić information content (AvgIpc) is 1.60. The second-order valence-electron chi connectivity index (χ2n) is 1.32. The molecule has 0 atom stereocenters. The molecule has 0 saturated carbocycles. The van der Waals surface area contributed by atoms with Crippen LogP contribution in [0.4, 0.5) is 0 Å². The van der Waals surface area contributed by atoms with E-state index in [1.807, 2.05) is 0 Å². The predicted molar refractivity (Wildman–Crippen MR) is 33.0 cm³/mol. The normalized spacial score (nSPS) is 20.2. The SMILES string of the molecule is O=C1C=COS(=O)(=O)N1.[Ca]. The summed E-state index contributed by atoms with van der Waals surface area (Å²) in [6.45, 7) is 0. The molecule has 1 amide bonds. The molecule has 0 spiro atoms. The fourth-order valence-corrected chi connectivity index (χ4v) is 0.908. The van der Waals surface area contributed by atoms with Gasteiger partial charge in [-0.25, -0.2) is 4.72 Å². The molecule has 10 heavy (non-hydrogen) atoms. The Balaban J connectivity index is 0.000000810. The van der Waals surface area contributed by atoms with Crippen LogP contribution in [0.15, 0.2) is 12.3 Å². The van der Waals surface area contributed by atoms with Crippen molar-refractivity contribution in [1.82, 2.24) is 4.72 Å². The summed E-state index contributed by atoms with van der Waals surface area (Å²) < 4.78 is 26.1. The second kappa shape index (κ2) is 3.56. The Morgan fingerprint density at radius 1 is 1.50 bits per heavy atom. The van der Waals surface area contributed by atoms with Crippen LogP contribution in [0.5, 0.6) is 0 Å². The molecule has 52 valence electrons. The van der Waals surface area contributed by atoms with Crippen LogP contribution in [0, 0.1) is 0 Å². The van der Waals surface area contributed by atoms with Crippen molar-refractivity contribution in [2.24, 2.45) is 0 Å². The van der Waals surface area contributed by atoms with Gasteiger partial charge in [-0.3, -0.25) is 4.79 Å². The summed E-state index contributed by atoms with van der Waals surface area (Å²) in [5.41, 5.74) is 0. The Labute approximate surface area is 87.7 Å². The zero-order valence-corrected chi connectivity index (χ0v) is 7.93. The van der Waals surface area contributed by atoms with Gasteiger partial charge in [0, 0.05) is 43.8 Å². The molecule has 1 aliphatic heterocycles. The van der Waals surface area contributed by atoms with Gasteiger partial charge in [-0.2, -0.15) is 8.42 Å². The molecule has 0 aliphatic carbocycles. The van der Waals surface area contributed by atoms with Crippen molar-refractivity contribution < 1.29 is 17.4 Å². The second-order valence-corrected chi connectivity index (χ2v) is 2.62. The molecule has 7 heteroatoms. The number of hydrogen-bond donors (Lipinski definition) is 1. The van der Waals surface area contributed by atoms with E-state index in [-0.39, 0.29) is 37.7 Å². The van der Waals surface area contributed by atoms with Crippen LogP contribution in [-0.4, -0.2) is 52.1 Å². The van der Waals surface area contributed by atoms with Gasteiger partial charge in [-0.05, 0) is 0 Å². The van der Waals surface area contributed by atoms with E-state index in [0.717, 1.165) is 12.3 Å². The van der Waals surface area contributed by atoms with Crippen LogP contribution in [0.1, 0.15) is 0 Å². The van der Waals surface area contributed by atoms with Gasteiger partial charge in [-0.1, -0.05) is 0 Å². The van der Waals surface area contributed by atoms with Crippen LogP contribution < -0.4 is 4.72 Å². The molecule has 0 bridgehead atoms. The van der Waals surface area contributed by atoms with Crippen LogP contribution >= 0.6 is 0 Å². The van der Waals surface area contributed by atoms with Gasteiger partial charge in [0.25, 0.3) is 5.91 Å². The zero-order valence-electron chi connectivity index (χ0n) is 4.90. The summed E-state index contributed by atoms with van der Waals surface area (Å²) in [6, 6.07) is 0. The molecular weight excluding hydrogens is 186 g/mol. The van der Waals surface area contributed by atoms with E-state index >= 15 is 0 Å². The summed E-state index contributed by atoms with van der Waals surface area (Å²) in [4.78, 5) is 10.2. The Hall–Kier alpha value is 0.220. The maximum absolute atomic E-state index is 10.3. The zero-order chi connectivity index (χ0) is 6.91. The molecule has 0 aromatic rings. The molecule has 0 aromatic heterocycles. The summed E-state index contributed by atoms with van der Waals surface area (Å²) in [5.74, 6) is -0.693. The predicted octanol–water partition coefficient (Wildman–Crippen LogP) is -1.49. The van der Waals surface area contributed by atoms with Crippen LogP contribution in [0.2, 0.25) is 0 Å². The average molecular weight is 189 g/mol. The molecule has 1 heterocycles. The Kier molecular flexibility index (Phi) is 3.64. The summed E-state index contributed by atoms with van der Waals surface area (Å²) in [6.07, 6.45) is 1.79. The first kappa shape index (κ1) is 10.2. The minimum Gasteiger partial charge on any atom is -0.375 e. The topological polar surface area (TPSA) is 72.5 Å². The minimum absolute atomic E-state index is 0. The first-order valence-corrected chi connectivity index (χ1v) is 3.42. The van der Waals surface area contributed by atoms with Crippen LogP contribution in [0.25, 0.3) is 0 Å². The molecule has 0 saturated heterocycles. The van der Waals surface area contributed by atoms with Crippen molar-refractivity contribution >= 4 is 53.9 Å². The number of rotatable bonds is 0. The molecule has 2 radical (unpaired) electrons. The third kappa shape index (κ3) is 2.87. The number of carbonyl (C=O) groups is 1. The van der Waals surface area contributed by atoms with Crippen molar-refractivity contribution in [2.75, 3.05) is 0 Å². The van der Waals surface area contributed by atoms with E-state index in [1.54, 1.807) is 4.72 Å². The maximum atomic E-state index is 10.3. The largest absolute Gasteiger partial charge is 0.409 e.